The van der Waals surface area contributed by atoms with E-state index in [0.717, 1.165) is 24.3 Å². The first-order chi connectivity index (χ1) is 20.9. The second kappa shape index (κ2) is 11.7. The minimum Gasteiger partial charge on any atom is -0.480 e. The van der Waals surface area contributed by atoms with Crippen LogP contribution in [0.4, 0.5) is 18.9 Å². The van der Waals surface area contributed by atoms with Crippen molar-refractivity contribution in [2.45, 2.75) is 17.9 Å². The van der Waals surface area contributed by atoms with Crippen molar-refractivity contribution in [3.05, 3.63) is 84.0 Å². The number of allylic oxidation sites excluding steroid dienone is 1. The number of ketones is 1. The Balaban J connectivity index is 1.52. The third-order valence-electron chi connectivity index (χ3n) is 6.44. The van der Waals surface area contributed by atoms with E-state index in [1.807, 2.05) is 0 Å². The van der Waals surface area contributed by atoms with E-state index in [0.29, 0.717) is 6.07 Å². The number of methoxy groups -OCH3 is 1. The molecule has 1 saturated heterocycles. The first kappa shape index (κ1) is 28.1. The summed E-state index contributed by atoms with van der Waals surface area (Å²) >= 11 is 0. The predicted molar refractivity (Wildman–Crippen MR) is 149 cm³/mol. The van der Waals surface area contributed by atoms with Crippen LogP contribution in [-0.2, 0) is 19.6 Å². The molecule has 222 valence electrons. The molecule has 0 spiro atoms. The van der Waals surface area contributed by atoms with Gasteiger partial charge in [-0.2, -0.15) is 0 Å². The van der Waals surface area contributed by atoms with Gasteiger partial charge in [0.05, 0.1) is 30.4 Å². The zero-order valence-corrected chi connectivity index (χ0v) is 23.4. The number of aromatic nitrogens is 3. The number of sulfonamides is 1. The van der Waals surface area contributed by atoms with Crippen LogP contribution >= 0.6 is 0 Å². The largest absolute Gasteiger partial charge is 0.480 e. The molecular weight excluding hydrogens is 589 g/mol. The number of nitrogens with zero attached hydrogens (tertiary/aromatic N) is 4. The Morgan fingerprint density at radius 1 is 1.16 bits per heavy atom. The molecule has 1 amide bonds. The Hall–Kier alpha value is -5.05. The molecule has 0 saturated carbocycles. The molecule has 43 heavy (non-hydrogen) atoms. The lowest BCUT2D eigenvalue weighted by atomic mass is 10.0. The highest BCUT2D eigenvalue weighted by Crippen LogP contribution is 2.33. The number of aromatic amines is 1. The summed E-state index contributed by atoms with van der Waals surface area (Å²) in [5.74, 6) is -3.94. The molecule has 2 aromatic heterocycles. The van der Waals surface area contributed by atoms with Crippen molar-refractivity contribution >= 4 is 38.3 Å². The molecule has 1 aliphatic rings. The second-order valence-electron chi connectivity index (χ2n) is 9.45. The quantitative estimate of drug-likeness (QED) is 0.290. The van der Waals surface area contributed by atoms with Gasteiger partial charge in [-0.3, -0.25) is 19.3 Å². The van der Waals surface area contributed by atoms with Crippen molar-refractivity contribution in [3.63, 3.8) is 0 Å². The van der Waals surface area contributed by atoms with E-state index >= 15 is 4.39 Å². The lowest BCUT2D eigenvalue weighted by Crippen LogP contribution is -2.53. The van der Waals surface area contributed by atoms with Gasteiger partial charge in [0, 0.05) is 42.6 Å². The molecule has 0 bridgehead atoms. The lowest BCUT2D eigenvalue weighted by Gasteiger charge is -2.35. The summed E-state index contributed by atoms with van der Waals surface area (Å²) in [4.78, 5) is 39.1. The number of halogens is 3. The van der Waals surface area contributed by atoms with Crippen LogP contribution in [0.3, 0.4) is 0 Å². The van der Waals surface area contributed by atoms with E-state index in [2.05, 4.69) is 24.7 Å². The summed E-state index contributed by atoms with van der Waals surface area (Å²) in [6, 6.07) is 5.61. The number of likely N-dealkylation sites (tertiary alicyclic amines) is 1. The maximum absolute atomic E-state index is 16.1. The number of pyridine rings is 1. The summed E-state index contributed by atoms with van der Waals surface area (Å²) in [7, 11) is -3.36. The van der Waals surface area contributed by atoms with Crippen molar-refractivity contribution in [1.29, 1.82) is 0 Å². The smallest absolute Gasteiger partial charge is 0.264 e. The molecule has 11 nitrogen and oxygen atoms in total. The van der Waals surface area contributed by atoms with Gasteiger partial charge in [0.1, 0.15) is 29.4 Å². The minimum absolute atomic E-state index is 0.0368. The highest BCUT2D eigenvalue weighted by Gasteiger charge is 2.29. The number of rotatable bonds is 8. The minimum atomic E-state index is -4.58. The monoisotopic (exact) mass is 613 g/mol. The van der Waals surface area contributed by atoms with Crippen molar-refractivity contribution in [1.82, 2.24) is 19.9 Å². The van der Waals surface area contributed by atoms with Gasteiger partial charge in [-0.05, 0) is 43.3 Å². The fourth-order valence-corrected chi connectivity index (χ4v) is 5.43. The van der Waals surface area contributed by atoms with Crippen molar-refractivity contribution in [2.24, 2.45) is 4.99 Å². The van der Waals surface area contributed by atoms with Crippen LogP contribution in [0.25, 0.3) is 22.0 Å². The highest BCUT2D eigenvalue weighted by molar-refractivity contribution is 7.92. The topological polar surface area (TPSA) is 147 Å². The number of carbonyl (C=O) groups excluding carboxylic acids is 2. The molecule has 0 aliphatic carbocycles. The van der Waals surface area contributed by atoms with E-state index in [1.54, 1.807) is 0 Å². The van der Waals surface area contributed by atoms with E-state index in [4.69, 9.17) is 6.11 Å². The normalized spacial score (nSPS) is 14.6. The van der Waals surface area contributed by atoms with Crippen molar-refractivity contribution < 1.29 is 37.3 Å². The summed E-state index contributed by atoms with van der Waals surface area (Å²) < 4.78 is 84.9. The van der Waals surface area contributed by atoms with Gasteiger partial charge in [-0.25, -0.2) is 31.6 Å². The highest BCUT2D eigenvalue weighted by atomic mass is 32.2. The zero-order valence-electron chi connectivity index (χ0n) is 23.6. The fourth-order valence-electron chi connectivity index (χ4n) is 4.32. The average Bonchev–Trinajstić information content (AvgIpc) is 2.92. The summed E-state index contributed by atoms with van der Waals surface area (Å²) in [6.07, 6.45) is 3.26. The van der Waals surface area contributed by atoms with Crippen LogP contribution in [0.1, 0.15) is 8.29 Å². The number of fused-ring (bicyclic) bond motifs is 1. The maximum atomic E-state index is 16.1. The Labute approximate surface area is 244 Å². The summed E-state index contributed by atoms with van der Waals surface area (Å²) in [5.41, 5.74) is -0.0712. The van der Waals surface area contributed by atoms with Crippen LogP contribution in [0.5, 0.6) is 5.88 Å². The molecule has 1 aliphatic heterocycles. The number of anilines is 1. The van der Waals surface area contributed by atoms with E-state index in [9.17, 15) is 26.8 Å². The first-order valence-corrected chi connectivity index (χ1v) is 14.1. The fraction of sp³-hybridized carbons (Fsp3) is 0.179. The zero-order chi connectivity index (χ0) is 31.8. The molecule has 3 heterocycles. The average molecular weight is 614 g/mol. The SMILES string of the molecule is [2H]c1nc(=NC2CN(C(=O)/C=C/C(C)=O)C2)c2c(F)c(-c3cnc(OC)c(NS(=O)(=O)c4ccc(F)cc4F)c3)ccc2[nH]1. The number of hydrogen-bond acceptors (Lipinski definition) is 8. The van der Waals surface area contributed by atoms with Crippen LogP contribution in [0.2, 0.25) is 0 Å². The lowest BCUT2D eigenvalue weighted by molar-refractivity contribution is -0.130. The predicted octanol–water partition coefficient (Wildman–Crippen LogP) is 3.11. The van der Waals surface area contributed by atoms with Gasteiger partial charge in [0.25, 0.3) is 10.0 Å². The Morgan fingerprint density at radius 3 is 2.63 bits per heavy atom. The number of benzene rings is 2. The van der Waals surface area contributed by atoms with Crippen LogP contribution < -0.4 is 14.9 Å². The molecule has 2 aromatic carbocycles. The third-order valence-corrected chi connectivity index (χ3v) is 7.84. The number of carbonyl (C=O) groups is 2. The molecule has 4 aromatic rings. The standard InChI is InChI=1S/C28H23F3N6O5S/c1-15(38)3-8-24(39)37-12-18(13-37)35-27-25-21(33-14-34-27)6-5-19(26(25)31)16-9-22(28(42-2)32-11-16)36-43(40,41)23-7-4-17(29)10-20(23)30/h3-11,14,18,36H,12-13H2,1-2H3,(H,33,34,35)/b8-3+/i14D. The molecule has 0 atom stereocenters. The molecule has 0 radical (unpaired) electrons. The number of H-pyrrole nitrogens is 1. The van der Waals surface area contributed by atoms with Gasteiger partial charge < -0.3 is 14.6 Å². The van der Waals surface area contributed by atoms with Gasteiger partial charge in [-0.15, -0.1) is 0 Å². The summed E-state index contributed by atoms with van der Waals surface area (Å²) in [6.45, 7) is 1.70. The molecular formula is C28H23F3N6O5S. The first-order valence-electron chi connectivity index (χ1n) is 13.1. The number of amides is 1. The Morgan fingerprint density at radius 2 is 1.93 bits per heavy atom. The van der Waals surface area contributed by atoms with E-state index in [1.165, 1.54) is 43.3 Å². The van der Waals surface area contributed by atoms with Crippen molar-refractivity contribution in [3.8, 4) is 17.0 Å². The Bertz CT molecular complexity index is 2030. The maximum Gasteiger partial charge on any atom is 0.264 e. The molecule has 1 fully saturated rings. The van der Waals surface area contributed by atoms with Gasteiger partial charge >= 0.3 is 0 Å². The van der Waals surface area contributed by atoms with Crippen LogP contribution in [0.15, 0.2) is 70.9 Å². The Kier molecular flexibility index (Phi) is 7.63. The van der Waals surface area contributed by atoms with Gasteiger partial charge in [-0.1, -0.05) is 0 Å². The molecule has 0 unspecified atom stereocenters. The third kappa shape index (κ3) is 6.11. The van der Waals surface area contributed by atoms with Gasteiger partial charge in [0.15, 0.2) is 11.3 Å². The van der Waals surface area contributed by atoms with Crippen molar-refractivity contribution in [2.75, 3.05) is 24.9 Å². The van der Waals surface area contributed by atoms with Gasteiger partial charge in [0.2, 0.25) is 11.8 Å². The number of hydrogen-bond donors (Lipinski definition) is 2. The van der Waals surface area contributed by atoms with E-state index < -0.39 is 38.4 Å². The second-order valence-corrected chi connectivity index (χ2v) is 11.1. The van der Waals surface area contributed by atoms with Crippen LogP contribution in [-0.4, -0.2) is 66.2 Å². The molecule has 2 N–H and O–H groups in total. The van der Waals surface area contributed by atoms with E-state index in [-0.39, 0.29) is 70.2 Å². The number of nitrogens with one attached hydrogen (secondary N) is 2. The summed E-state index contributed by atoms with van der Waals surface area (Å²) in [5, 5.41) is -0.0638. The molecule has 5 rings (SSSR count). The van der Waals surface area contributed by atoms with Crippen LogP contribution in [0, 0.1) is 17.5 Å². The number of ether oxygens (including phenoxy) is 1. The molecule has 15 heteroatoms.